The third-order valence-corrected chi connectivity index (χ3v) is 2.20. The van der Waals surface area contributed by atoms with Crippen molar-refractivity contribution >= 4 is 11.9 Å². The summed E-state index contributed by atoms with van der Waals surface area (Å²) in [5.41, 5.74) is -0.160. The molecule has 0 fully saturated rings. The van der Waals surface area contributed by atoms with Gasteiger partial charge in [-0.05, 0) is 6.92 Å². The lowest BCUT2D eigenvalue weighted by molar-refractivity contribution is -0.138. The van der Waals surface area contributed by atoms with Crippen molar-refractivity contribution in [2.24, 2.45) is 0 Å². The zero-order valence-corrected chi connectivity index (χ0v) is 10.3. The topological polar surface area (TPSA) is 92.4 Å². The Labute approximate surface area is 99.0 Å². The normalized spacial score (nSPS) is 13.2. The van der Waals surface area contributed by atoms with E-state index in [1.165, 1.54) is 13.0 Å². The fourth-order valence-electron chi connectivity index (χ4n) is 1.07. The highest BCUT2D eigenvalue weighted by atomic mass is 16.5. The standard InChI is InChI=1S/C11H16N2O4/c1-6(10(15)16)12-9(14)7-5-8(17-13-7)11(2,3)4/h5-6H,1-4H3,(H,12,14)(H,15,16)/t6-/m0/s1. The second-order valence-electron chi connectivity index (χ2n) is 4.86. The molecule has 0 aliphatic carbocycles. The fraction of sp³-hybridized carbons (Fsp3) is 0.545. The van der Waals surface area contributed by atoms with Crippen LogP contribution in [0.4, 0.5) is 0 Å². The number of rotatable bonds is 3. The van der Waals surface area contributed by atoms with Crippen molar-refractivity contribution in [1.82, 2.24) is 10.5 Å². The number of hydrogen-bond donors (Lipinski definition) is 2. The molecule has 6 nitrogen and oxygen atoms in total. The van der Waals surface area contributed by atoms with Gasteiger partial charge in [-0.1, -0.05) is 25.9 Å². The van der Waals surface area contributed by atoms with Crippen LogP contribution in [-0.4, -0.2) is 28.2 Å². The van der Waals surface area contributed by atoms with E-state index in [4.69, 9.17) is 9.63 Å². The smallest absolute Gasteiger partial charge is 0.325 e. The minimum Gasteiger partial charge on any atom is -0.480 e. The molecule has 0 bridgehead atoms. The number of hydrogen-bond acceptors (Lipinski definition) is 4. The van der Waals surface area contributed by atoms with E-state index in [-0.39, 0.29) is 11.1 Å². The molecule has 17 heavy (non-hydrogen) atoms. The first-order valence-electron chi connectivity index (χ1n) is 5.22. The van der Waals surface area contributed by atoms with Crippen molar-refractivity contribution in [3.05, 3.63) is 17.5 Å². The molecule has 6 heteroatoms. The van der Waals surface area contributed by atoms with E-state index in [9.17, 15) is 9.59 Å². The van der Waals surface area contributed by atoms with Crippen LogP contribution in [0.25, 0.3) is 0 Å². The van der Waals surface area contributed by atoms with E-state index >= 15 is 0 Å². The Kier molecular flexibility index (Phi) is 3.55. The van der Waals surface area contributed by atoms with Crippen molar-refractivity contribution in [3.8, 4) is 0 Å². The van der Waals surface area contributed by atoms with Crippen LogP contribution < -0.4 is 5.32 Å². The van der Waals surface area contributed by atoms with Gasteiger partial charge in [-0.15, -0.1) is 0 Å². The van der Waals surface area contributed by atoms with E-state index in [0.29, 0.717) is 5.76 Å². The van der Waals surface area contributed by atoms with Gasteiger partial charge in [0.25, 0.3) is 5.91 Å². The highest BCUT2D eigenvalue weighted by Crippen LogP contribution is 2.22. The van der Waals surface area contributed by atoms with Gasteiger partial charge in [-0.25, -0.2) is 0 Å². The van der Waals surface area contributed by atoms with Gasteiger partial charge in [0.05, 0.1) is 0 Å². The quantitative estimate of drug-likeness (QED) is 0.827. The second kappa shape index (κ2) is 4.57. The molecule has 0 spiro atoms. The zero-order valence-electron chi connectivity index (χ0n) is 10.3. The molecule has 1 heterocycles. The molecule has 1 rings (SSSR count). The molecule has 94 valence electrons. The molecule has 0 unspecified atom stereocenters. The molecular weight excluding hydrogens is 224 g/mol. The summed E-state index contributed by atoms with van der Waals surface area (Å²) in [5, 5.41) is 14.6. The van der Waals surface area contributed by atoms with Crippen molar-refractivity contribution in [2.75, 3.05) is 0 Å². The van der Waals surface area contributed by atoms with Crippen molar-refractivity contribution < 1.29 is 19.2 Å². The van der Waals surface area contributed by atoms with E-state index in [0.717, 1.165) is 0 Å². The lowest BCUT2D eigenvalue weighted by Crippen LogP contribution is -2.38. The monoisotopic (exact) mass is 240 g/mol. The maximum Gasteiger partial charge on any atom is 0.325 e. The Morgan fingerprint density at radius 2 is 2.06 bits per heavy atom. The van der Waals surface area contributed by atoms with Crippen LogP contribution in [0.3, 0.4) is 0 Å². The van der Waals surface area contributed by atoms with Gasteiger partial charge in [-0.2, -0.15) is 0 Å². The zero-order chi connectivity index (χ0) is 13.2. The maximum absolute atomic E-state index is 11.6. The van der Waals surface area contributed by atoms with Crippen molar-refractivity contribution in [3.63, 3.8) is 0 Å². The van der Waals surface area contributed by atoms with E-state index in [1.807, 2.05) is 20.8 Å². The molecule has 1 amide bonds. The molecule has 1 aromatic rings. The number of nitrogens with one attached hydrogen (secondary N) is 1. The van der Waals surface area contributed by atoms with Crippen LogP contribution >= 0.6 is 0 Å². The van der Waals surface area contributed by atoms with Gasteiger partial charge >= 0.3 is 5.97 Å². The summed E-state index contributed by atoms with van der Waals surface area (Å²) in [5.74, 6) is -1.08. The molecule has 0 aliphatic rings. The van der Waals surface area contributed by atoms with Crippen LogP contribution in [0.15, 0.2) is 10.6 Å². The lowest BCUT2D eigenvalue weighted by Gasteiger charge is -2.12. The predicted molar refractivity (Wildman–Crippen MR) is 59.8 cm³/mol. The van der Waals surface area contributed by atoms with E-state index in [1.54, 1.807) is 0 Å². The molecule has 0 aromatic carbocycles. The van der Waals surface area contributed by atoms with E-state index < -0.39 is 17.9 Å². The summed E-state index contributed by atoms with van der Waals surface area (Å²) in [6.45, 7) is 7.16. The number of amides is 1. The van der Waals surface area contributed by atoms with Crippen LogP contribution in [0.5, 0.6) is 0 Å². The molecular formula is C11H16N2O4. The van der Waals surface area contributed by atoms with E-state index in [2.05, 4.69) is 10.5 Å². The highest BCUT2D eigenvalue weighted by molar-refractivity contribution is 5.94. The summed E-state index contributed by atoms with van der Waals surface area (Å²) < 4.78 is 5.03. The number of carbonyl (C=O) groups is 2. The number of aliphatic carboxylic acids is 1. The van der Waals surface area contributed by atoms with Crippen LogP contribution in [0.1, 0.15) is 43.9 Å². The van der Waals surface area contributed by atoms with Gasteiger partial charge in [-0.3, -0.25) is 9.59 Å². The number of carboxylic acid groups (broad SMARTS) is 1. The SMILES string of the molecule is C[C@H](NC(=O)c1cc(C(C)(C)C)on1)C(=O)O. The largest absolute Gasteiger partial charge is 0.480 e. The average Bonchev–Trinajstić information content (AvgIpc) is 2.65. The third kappa shape index (κ3) is 3.30. The molecule has 1 aromatic heterocycles. The lowest BCUT2D eigenvalue weighted by atomic mass is 9.93. The van der Waals surface area contributed by atoms with Gasteiger partial charge in [0.1, 0.15) is 11.8 Å². The van der Waals surface area contributed by atoms with Gasteiger partial charge in [0, 0.05) is 11.5 Å². The first-order chi connectivity index (χ1) is 7.71. The Balaban J connectivity index is 2.78. The molecule has 0 saturated carbocycles. The summed E-state index contributed by atoms with van der Waals surface area (Å²) in [7, 11) is 0. The maximum atomic E-state index is 11.6. The Morgan fingerprint density at radius 1 is 1.47 bits per heavy atom. The highest BCUT2D eigenvalue weighted by Gasteiger charge is 2.23. The second-order valence-corrected chi connectivity index (χ2v) is 4.86. The van der Waals surface area contributed by atoms with Gasteiger partial charge in [0.15, 0.2) is 5.69 Å². The number of carbonyl (C=O) groups excluding carboxylic acids is 1. The number of nitrogens with zero attached hydrogens (tertiary/aromatic N) is 1. The summed E-state index contributed by atoms with van der Waals surface area (Å²) >= 11 is 0. The van der Waals surface area contributed by atoms with Crippen LogP contribution in [-0.2, 0) is 10.2 Å². The Bertz CT molecular complexity index is 431. The molecule has 0 aliphatic heterocycles. The third-order valence-electron chi connectivity index (χ3n) is 2.20. The summed E-state index contributed by atoms with van der Waals surface area (Å²) in [6.07, 6.45) is 0. The first-order valence-corrected chi connectivity index (χ1v) is 5.22. The Hall–Kier alpha value is -1.85. The number of aromatic nitrogens is 1. The minimum atomic E-state index is -1.10. The molecule has 1 atom stereocenters. The molecule has 0 radical (unpaired) electrons. The number of carboxylic acids is 1. The summed E-state index contributed by atoms with van der Waals surface area (Å²) in [6, 6.07) is 0.557. The van der Waals surface area contributed by atoms with Crippen LogP contribution in [0.2, 0.25) is 0 Å². The van der Waals surface area contributed by atoms with Gasteiger partial charge < -0.3 is 14.9 Å². The van der Waals surface area contributed by atoms with Gasteiger partial charge in [0.2, 0.25) is 0 Å². The average molecular weight is 240 g/mol. The fourth-order valence-corrected chi connectivity index (χ4v) is 1.07. The molecule has 2 N–H and O–H groups in total. The first kappa shape index (κ1) is 13.2. The predicted octanol–water partition coefficient (Wildman–Crippen LogP) is 1.17. The Morgan fingerprint density at radius 3 is 2.47 bits per heavy atom. The minimum absolute atomic E-state index is 0.0861. The van der Waals surface area contributed by atoms with Crippen LogP contribution in [0, 0.1) is 0 Å². The summed E-state index contributed by atoms with van der Waals surface area (Å²) in [4.78, 5) is 22.2. The van der Waals surface area contributed by atoms with Crippen molar-refractivity contribution in [1.29, 1.82) is 0 Å². The van der Waals surface area contributed by atoms with Crippen molar-refractivity contribution in [2.45, 2.75) is 39.2 Å². The molecule has 0 saturated heterocycles.